The third-order valence-corrected chi connectivity index (χ3v) is 11.6. The lowest BCUT2D eigenvalue weighted by Crippen LogP contribution is -2.57. The van der Waals surface area contributed by atoms with E-state index in [0.29, 0.717) is 23.6 Å². The lowest BCUT2D eigenvalue weighted by atomic mass is 9.98. The fourth-order valence-corrected chi connectivity index (χ4v) is 8.54. The van der Waals surface area contributed by atoms with E-state index in [1.54, 1.807) is 35.6 Å². The summed E-state index contributed by atoms with van der Waals surface area (Å²) in [6, 6.07) is 15.1. The lowest BCUT2D eigenvalue weighted by molar-refractivity contribution is 0.0136. The summed E-state index contributed by atoms with van der Waals surface area (Å²) in [4.78, 5) is 21.4. The highest BCUT2D eigenvalue weighted by molar-refractivity contribution is 7.91. The van der Waals surface area contributed by atoms with Crippen molar-refractivity contribution < 1.29 is 22.7 Å². The first-order valence-corrected chi connectivity index (χ1v) is 16.7. The summed E-state index contributed by atoms with van der Waals surface area (Å²) in [7, 11) is -3.66. The second-order valence-electron chi connectivity index (χ2n) is 11.3. The number of piperidine rings is 1. The summed E-state index contributed by atoms with van der Waals surface area (Å²) in [5.41, 5.74) is 2.17. The van der Waals surface area contributed by atoms with Crippen LogP contribution in [0, 0.1) is 6.92 Å². The fourth-order valence-electron chi connectivity index (χ4n) is 6.37. The van der Waals surface area contributed by atoms with E-state index in [0.717, 1.165) is 61.6 Å². The number of hydrogen-bond acceptors (Lipinski definition) is 8. The van der Waals surface area contributed by atoms with Gasteiger partial charge in [0.25, 0.3) is 5.91 Å². The minimum Gasteiger partial charge on any atom is -0.454 e. The number of piperazine rings is 1. The Morgan fingerprint density at radius 2 is 1.66 bits per heavy atom. The number of benzene rings is 2. The smallest absolute Gasteiger partial charge is 0.264 e. The minimum atomic E-state index is -3.66. The van der Waals surface area contributed by atoms with Gasteiger partial charge in [-0.1, -0.05) is 12.1 Å². The van der Waals surface area contributed by atoms with Crippen molar-refractivity contribution in [1.29, 1.82) is 0 Å². The van der Waals surface area contributed by atoms with Gasteiger partial charge in [-0.3, -0.25) is 14.6 Å². The Morgan fingerprint density at radius 1 is 0.951 bits per heavy atom. The molecule has 0 unspecified atom stereocenters. The molecule has 3 aromatic rings. The van der Waals surface area contributed by atoms with Crippen molar-refractivity contribution in [1.82, 2.24) is 14.7 Å². The van der Waals surface area contributed by atoms with Gasteiger partial charge in [0.15, 0.2) is 11.5 Å². The third kappa shape index (κ3) is 5.50. The summed E-state index contributed by atoms with van der Waals surface area (Å²) in [5.74, 6) is 1.20. The number of ether oxygens (including phenoxy) is 2. The van der Waals surface area contributed by atoms with Gasteiger partial charge in [-0.2, -0.15) is 0 Å². The SMILES string of the molecule is Cc1ccsc1C(=O)N1CCC(N2CCN([C@@H](C)c3ccc(S(=O)(=O)c4ccc5c(c4)OCO5)cc3)[C@H](C)C2)CC1. The second kappa shape index (κ2) is 11.4. The van der Waals surface area contributed by atoms with E-state index >= 15 is 0 Å². The van der Waals surface area contributed by atoms with Crippen molar-refractivity contribution in [3.8, 4) is 11.5 Å². The zero-order chi connectivity index (χ0) is 28.7. The van der Waals surface area contributed by atoms with Gasteiger partial charge >= 0.3 is 0 Å². The van der Waals surface area contributed by atoms with Crippen LogP contribution >= 0.6 is 11.3 Å². The maximum atomic E-state index is 13.3. The van der Waals surface area contributed by atoms with Crippen LogP contribution in [-0.2, 0) is 9.84 Å². The van der Waals surface area contributed by atoms with Gasteiger partial charge in [0, 0.05) is 56.9 Å². The predicted molar refractivity (Wildman–Crippen MR) is 159 cm³/mol. The van der Waals surface area contributed by atoms with Crippen molar-refractivity contribution in [3.63, 3.8) is 0 Å². The number of aryl methyl sites for hydroxylation is 1. The highest BCUT2D eigenvalue weighted by atomic mass is 32.2. The molecule has 10 heteroatoms. The molecule has 2 atom stereocenters. The average Bonchev–Trinajstić information content (AvgIpc) is 3.65. The van der Waals surface area contributed by atoms with Gasteiger partial charge in [0.2, 0.25) is 16.6 Å². The van der Waals surface area contributed by atoms with E-state index in [1.807, 2.05) is 35.4 Å². The van der Waals surface area contributed by atoms with Gasteiger partial charge in [-0.25, -0.2) is 8.42 Å². The highest BCUT2D eigenvalue weighted by Crippen LogP contribution is 2.36. The number of hydrogen-bond donors (Lipinski definition) is 0. The number of likely N-dealkylation sites (tertiary alicyclic amines) is 1. The number of fused-ring (bicyclic) bond motifs is 1. The number of amides is 1. The van der Waals surface area contributed by atoms with Crippen LogP contribution in [0.3, 0.4) is 0 Å². The van der Waals surface area contributed by atoms with Crippen LogP contribution in [0.4, 0.5) is 0 Å². The summed E-state index contributed by atoms with van der Waals surface area (Å²) < 4.78 is 37.2. The zero-order valence-corrected chi connectivity index (χ0v) is 25.4. The molecular formula is C31H37N3O5S2. The monoisotopic (exact) mass is 595 g/mol. The molecule has 0 N–H and O–H groups in total. The molecule has 41 heavy (non-hydrogen) atoms. The quantitative estimate of drug-likeness (QED) is 0.397. The number of thiophene rings is 1. The molecule has 3 aliphatic heterocycles. The molecule has 1 aromatic heterocycles. The van der Waals surface area contributed by atoms with Crippen molar-refractivity contribution in [2.24, 2.45) is 0 Å². The molecule has 0 radical (unpaired) electrons. The normalized spacial score (nSPS) is 21.2. The Labute approximate surface area is 246 Å². The molecule has 0 bridgehead atoms. The largest absolute Gasteiger partial charge is 0.454 e. The lowest BCUT2D eigenvalue weighted by Gasteiger charge is -2.47. The van der Waals surface area contributed by atoms with Gasteiger partial charge < -0.3 is 14.4 Å². The maximum absolute atomic E-state index is 13.3. The van der Waals surface area contributed by atoms with Crippen LogP contribution in [0.1, 0.15) is 53.5 Å². The molecule has 4 heterocycles. The molecule has 6 rings (SSSR count). The van der Waals surface area contributed by atoms with Crippen LogP contribution in [-0.4, -0.2) is 80.6 Å². The number of nitrogens with zero attached hydrogens (tertiary/aromatic N) is 3. The molecule has 3 aliphatic rings. The standard InChI is InChI=1S/C31H37N3O5S2/c1-21-12-17-40-30(21)31(35)32-13-10-25(11-14-32)33-15-16-34(22(2)19-33)23(3)24-4-6-26(7-5-24)41(36,37)27-8-9-28-29(18-27)39-20-38-28/h4-9,12,17-18,22-23,25H,10-11,13-16,19-20H2,1-3H3/t22-,23+/m1/s1. The predicted octanol–water partition coefficient (Wildman–Crippen LogP) is 4.99. The molecule has 2 fully saturated rings. The van der Waals surface area contributed by atoms with Crippen molar-refractivity contribution in [3.05, 3.63) is 69.9 Å². The second-order valence-corrected chi connectivity index (χ2v) is 14.2. The fraction of sp³-hybridized carbons (Fsp3) is 0.452. The third-order valence-electron chi connectivity index (χ3n) is 8.86. The van der Waals surface area contributed by atoms with E-state index < -0.39 is 9.84 Å². The van der Waals surface area contributed by atoms with E-state index in [1.165, 1.54) is 6.07 Å². The Balaban J connectivity index is 1.05. The van der Waals surface area contributed by atoms with Crippen molar-refractivity contribution in [2.45, 2.75) is 61.5 Å². The first-order valence-electron chi connectivity index (χ1n) is 14.3. The molecule has 8 nitrogen and oxygen atoms in total. The average molecular weight is 596 g/mol. The van der Waals surface area contributed by atoms with Crippen LogP contribution in [0.15, 0.2) is 63.7 Å². The zero-order valence-electron chi connectivity index (χ0n) is 23.8. The molecule has 0 aliphatic carbocycles. The minimum absolute atomic E-state index is 0.105. The van der Waals surface area contributed by atoms with E-state index in [2.05, 4.69) is 23.6 Å². The van der Waals surface area contributed by atoms with Gasteiger partial charge in [0.05, 0.1) is 14.7 Å². The number of carbonyl (C=O) groups excluding carboxylic acids is 1. The van der Waals surface area contributed by atoms with Crippen molar-refractivity contribution in [2.75, 3.05) is 39.5 Å². The van der Waals surface area contributed by atoms with Gasteiger partial charge in [0.1, 0.15) is 0 Å². The first kappa shape index (κ1) is 28.2. The Morgan fingerprint density at radius 3 is 2.34 bits per heavy atom. The number of sulfone groups is 1. The molecule has 1 amide bonds. The molecular weight excluding hydrogens is 558 g/mol. The van der Waals surface area contributed by atoms with Crippen molar-refractivity contribution >= 4 is 27.1 Å². The highest BCUT2D eigenvalue weighted by Gasteiger charge is 2.34. The summed E-state index contributed by atoms with van der Waals surface area (Å²) in [6.07, 6.45) is 2.02. The molecule has 2 aromatic carbocycles. The van der Waals surface area contributed by atoms with Crippen LogP contribution < -0.4 is 9.47 Å². The van der Waals surface area contributed by atoms with Gasteiger partial charge in [-0.05, 0) is 80.5 Å². The molecule has 2 saturated heterocycles. The maximum Gasteiger partial charge on any atom is 0.264 e. The summed E-state index contributed by atoms with van der Waals surface area (Å²) >= 11 is 1.54. The molecule has 218 valence electrons. The Bertz CT molecular complexity index is 1510. The van der Waals surface area contributed by atoms with Crippen LogP contribution in [0.2, 0.25) is 0 Å². The topological polar surface area (TPSA) is 79.4 Å². The Hall–Kier alpha value is -2.92. The van der Waals surface area contributed by atoms with E-state index in [-0.39, 0.29) is 28.5 Å². The first-order chi connectivity index (χ1) is 19.7. The van der Waals surface area contributed by atoms with Crippen LogP contribution in [0.5, 0.6) is 11.5 Å². The molecule has 0 saturated carbocycles. The van der Waals surface area contributed by atoms with E-state index in [4.69, 9.17) is 9.47 Å². The Kier molecular flexibility index (Phi) is 7.84. The van der Waals surface area contributed by atoms with E-state index in [9.17, 15) is 13.2 Å². The molecule has 0 spiro atoms. The number of rotatable bonds is 6. The van der Waals surface area contributed by atoms with Gasteiger partial charge in [-0.15, -0.1) is 11.3 Å². The van der Waals surface area contributed by atoms with Crippen LogP contribution in [0.25, 0.3) is 0 Å². The summed E-state index contributed by atoms with van der Waals surface area (Å²) in [6.45, 7) is 11.2. The number of carbonyl (C=O) groups is 1. The summed E-state index contributed by atoms with van der Waals surface area (Å²) in [5, 5.41) is 1.99.